The third-order valence-corrected chi connectivity index (χ3v) is 2.95. The van der Waals surface area contributed by atoms with Gasteiger partial charge in [-0.1, -0.05) is 29.8 Å². The van der Waals surface area contributed by atoms with E-state index in [2.05, 4.69) is 37.2 Å². The largest absolute Gasteiger partial charge is 0.325 e. The predicted octanol–water partition coefficient (Wildman–Crippen LogP) is 4.20. The fourth-order valence-electron chi connectivity index (χ4n) is 1.16. The number of nitrogens with one attached hydrogen (secondary N) is 1. The van der Waals surface area contributed by atoms with E-state index >= 15 is 0 Å². The Bertz CT molecular complexity index is 364. The molecular weight excluding hydrogens is 322 g/mol. The Morgan fingerprint density at radius 3 is 2.60 bits per heavy atom. The predicted molar refractivity (Wildman–Crippen MR) is 69.9 cm³/mol. The Hall–Kier alpha value is -0.350. The highest BCUT2D eigenvalue weighted by molar-refractivity contribution is 9.11. The van der Waals surface area contributed by atoms with Gasteiger partial charge < -0.3 is 5.32 Å². The van der Waals surface area contributed by atoms with Crippen LogP contribution in [0.15, 0.2) is 27.1 Å². The molecule has 0 saturated carbocycles. The molecule has 1 rings (SSSR count). The maximum Gasteiger partial charge on any atom is 0.224 e. The first kappa shape index (κ1) is 12.7. The molecule has 0 fully saturated rings. The minimum absolute atomic E-state index is 0.0491. The molecule has 4 heteroatoms. The summed E-state index contributed by atoms with van der Waals surface area (Å²) in [6.45, 7) is 4.05. The summed E-state index contributed by atoms with van der Waals surface area (Å²) in [7, 11) is 0. The molecular formula is C11H13Br2NO. The number of carbonyl (C=O) groups excluding carboxylic acids is 1. The van der Waals surface area contributed by atoms with Gasteiger partial charge in [0.25, 0.3) is 0 Å². The minimum atomic E-state index is 0.0491. The fourth-order valence-corrected chi connectivity index (χ4v) is 2.31. The lowest BCUT2D eigenvalue weighted by Gasteiger charge is -2.09. The molecule has 0 saturated heterocycles. The Morgan fingerprint density at radius 2 is 2.07 bits per heavy atom. The van der Waals surface area contributed by atoms with Crippen molar-refractivity contribution in [2.75, 3.05) is 5.32 Å². The van der Waals surface area contributed by atoms with Crippen LogP contribution in [0.4, 0.5) is 5.69 Å². The van der Waals surface area contributed by atoms with Crippen molar-refractivity contribution in [1.29, 1.82) is 0 Å². The molecule has 0 aliphatic heterocycles. The highest BCUT2D eigenvalue weighted by Gasteiger charge is 2.07. The molecule has 0 aromatic heterocycles. The fraction of sp³-hybridized carbons (Fsp3) is 0.364. The van der Waals surface area contributed by atoms with Crippen molar-refractivity contribution < 1.29 is 4.79 Å². The Kier molecular flexibility index (Phi) is 4.80. The van der Waals surface area contributed by atoms with Crippen molar-refractivity contribution in [3.8, 4) is 0 Å². The zero-order valence-electron chi connectivity index (χ0n) is 8.68. The minimum Gasteiger partial charge on any atom is -0.325 e. The summed E-state index contributed by atoms with van der Waals surface area (Å²) in [5, 5.41) is 2.86. The molecule has 0 unspecified atom stereocenters. The standard InChI is InChI=1S/C11H13Br2NO/c1-7(2)5-11(15)14-10-4-3-8(12)6-9(10)13/h3-4,6-7H,5H2,1-2H3,(H,14,15). The summed E-state index contributed by atoms with van der Waals surface area (Å²) in [5.74, 6) is 0.423. The highest BCUT2D eigenvalue weighted by atomic mass is 79.9. The van der Waals surface area contributed by atoms with E-state index in [0.717, 1.165) is 14.6 Å². The topological polar surface area (TPSA) is 29.1 Å². The molecule has 0 heterocycles. The van der Waals surface area contributed by atoms with Crippen molar-refractivity contribution in [2.24, 2.45) is 5.92 Å². The molecule has 0 atom stereocenters. The van der Waals surface area contributed by atoms with Crippen LogP contribution in [-0.4, -0.2) is 5.91 Å². The molecule has 1 aromatic carbocycles. The van der Waals surface area contributed by atoms with E-state index < -0.39 is 0 Å². The summed E-state index contributed by atoms with van der Waals surface area (Å²) >= 11 is 6.76. The third kappa shape index (κ3) is 4.34. The summed E-state index contributed by atoms with van der Waals surface area (Å²) < 4.78 is 1.87. The van der Waals surface area contributed by atoms with E-state index in [0.29, 0.717) is 12.3 Å². The van der Waals surface area contributed by atoms with Crippen LogP contribution in [0.5, 0.6) is 0 Å². The van der Waals surface area contributed by atoms with Gasteiger partial charge in [-0.3, -0.25) is 4.79 Å². The number of rotatable bonds is 3. The summed E-state index contributed by atoms with van der Waals surface area (Å²) in [6, 6.07) is 5.67. The molecule has 82 valence electrons. The van der Waals surface area contributed by atoms with Gasteiger partial charge in [0, 0.05) is 15.4 Å². The van der Waals surface area contributed by atoms with Gasteiger partial charge >= 0.3 is 0 Å². The highest BCUT2D eigenvalue weighted by Crippen LogP contribution is 2.26. The smallest absolute Gasteiger partial charge is 0.224 e. The van der Waals surface area contributed by atoms with E-state index in [1.54, 1.807) is 0 Å². The van der Waals surface area contributed by atoms with Crippen LogP contribution in [0.1, 0.15) is 20.3 Å². The molecule has 15 heavy (non-hydrogen) atoms. The zero-order valence-corrected chi connectivity index (χ0v) is 11.9. The third-order valence-electron chi connectivity index (χ3n) is 1.80. The van der Waals surface area contributed by atoms with Crippen LogP contribution in [0.2, 0.25) is 0 Å². The van der Waals surface area contributed by atoms with Gasteiger partial charge in [0.1, 0.15) is 0 Å². The SMILES string of the molecule is CC(C)CC(=O)Nc1ccc(Br)cc1Br. The second-order valence-corrected chi connectivity index (χ2v) is 5.54. The number of amides is 1. The van der Waals surface area contributed by atoms with E-state index in [9.17, 15) is 4.79 Å². The first-order chi connectivity index (χ1) is 6.99. The van der Waals surface area contributed by atoms with Crippen molar-refractivity contribution >= 4 is 43.5 Å². The quantitative estimate of drug-likeness (QED) is 0.882. The van der Waals surface area contributed by atoms with E-state index in [-0.39, 0.29) is 5.91 Å². The van der Waals surface area contributed by atoms with Gasteiger partial charge in [0.15, 0.2) is 0 Å². The van der Waals surface area contributed by atoms with E-state index in [1.807, 2.05) is 32.0 Å². The van der Waals surface area contributed by atoms with Gasteiger partial charge in [0.2, 0.25) is 5.91 Å². The maximum atomic E-state index is 11.5. The van der Waals surface area contributed by atoms with Crippen molar-refractivity contribution in [2.45, 2.75) is 20.3 Å². The number of hydrogen-bond donors (Lipinski definition) is 1. The molecule has 0 spiro atoms. The van der Waals surface area contributed by atoms with Crippen molar-refractivity contribution in [3.05, 3.63) is 27.1 Å². The van der Waals surface area contributed by atoms with Gasteiger partial charge in [-0.25, -0.2) is 0 Å². The zero-order chi connectivity index (χ0) is 11.4. The molecule has 0 aliphatic rings. The van der Waals surface area contributed by atoms with E-state index in [4.69, 9.17) is 0 Å². The summed E-state index contributed by atoms with van der Waals surface area (Å²) in [6.07, 6.45) is 0.544. The lowest BCUT2D eigenvalue weighted by molar-refractivity contribution is -0.116. The van der Waals surface area contributed by atoms with E-state index in [1.165, 1.54) is 0 Å². The lowest BCUT2D eigenvalue weighted by atomic mass is 10.1. The van der Waals surface area contributed by atoms with Crippen LogP contribution in [0, 0.1) is 5.92 Å². The van der Waals surface area contributed by atoms with Crippen LogP contribution in [0.3, 0.4) is 0 Å². The normalized spacial score (nSPS) is 10.5. The monoisotopic (exact) mass is 333 g/mol. The van der Waals surface area contributed by atoms with Crippen LogP contribution < -0.4 is 5.32 Å². The van der Waals surface area contributed by atoms with Gasteiger partial charge in [-0.2, -0.15) is 0 Å². The number of anilines is 1. The molecule has 1 aromatic rings. The van der Waals surface area contributed by atoms with Gasteiger partial charge in [0.05, 0.1) is 5.69 Å². The Labute approximate surface area is 107 Å². The summed E-state index contributed by atoms with van der Waals surface area (Å²) in [4.78, 5) is 11.5. The van der Waals surface area contributed by atoms with Crippen molar-refractivity contribution in [1.82, 2.24) is 0 Å². The lowest BCUT2D eigenvalue weighted by Crippen LogP contribution is -2.14. The van der Waals surface area contributed by atoms with Crippen molar-refractivity contribution in [3.63, 3.8) is 0 Å². The number of carbonyl (C=O) groups is 1. The number of hydrogen-bond acceptors (Lipinski definition) is 1. The second kappa shape index (κ2) is 5.66. The Morgan fingerprint density at radius 1 is 1.40 bits per heavy atom. The summed E-state index contributed by atoms with van der Waals surface area (Å²) in [5.41, 5.74) is 0.809. The molecule has 2 nitrogen and oxygen atoms in total. The van der Waals surface area contributed by atoms with Gasteiger partial charge in [-0.15, -0.1) is 0 Å². The number of halogens is 2. The van der Waals surface area contributed by atoms with Crippen LogP contribution >= 0.6 is 31.9 Å². The maximum absolute atomic E-state index is 11.5. The Balaban J connectivity index is 2.68. The first-order valence-electron chi connectivity index (χ1n) is 4.74. The second-order valence-electron chi connectivity index (χ2n) is 3.77. The van der Waals surface area contributed by atoms with Gasteiger partial charge in [-0.05, 0) is 40.0 Å². The first-order valence-corrected chi connectivity index (χ1v) is 6.32. The molecule has 1 amide bonds. The average molecular weight is 335 g/mol. The molecule has 0 radical (unpaired) electrons. The molecule has 1 N–H and O–H groups in total. The molecule has 0 bridgehead atoms. The number of benzene rings is 1. The average Bonchev–Trinajstić information content (AvgIpc) is 2.08. The van der Waals surface area contributed by atoms with Crippen LogP contribution in [-0.2, 0) is 4.79 Å². The molecule has 0 aliphatic carbocycles. The van der Waals surface area contributed by atoms with Crippen LogP contribution in [0.25, 0.3) is 0 Å².